The van der Waals surface area contributed by atoms with Crippen molar-refractivity contribution in [2.24, 2.45) is 0 Å². The van der Waals surface area contributed by atoms with E-state index in [0.717, 1.165) is 12.8 Å². The third kappa shape index (κ3) is 2.65. The Morgan fingerprint density at radius 1 is 1.53 bits per heavy atom. The standard InChI is InChI=1S/C11H14N2O4/c14-9(11(16)17)6-12-10(15)8-2-1-5-13(8)7-3-4-7/h1-2,5,7,9,14H,3-4,6H2,(H,12,15)(H,16,17). The minimum absolute atomic E-state index is 0.288. The largest absolute Gasteiger partial charge is 0.479 e. The number of carboxylic acid groups (broad SMARTS) is 1. The van der Waals surface area contributed by atoms with Gasteiger partial charge in [0, 0.05) is 12.2 Å². The Hall–Kier alpha value is -1.82. The van der Waals surface area contributed by atoms with Crippen LogP contribution in [0.1, 0.15) is 29.4 Å². The number of carbonyl (C=O) groups is 2. The van der Waals surface area contributed by atoms with E-state index in [2.05, 4.69) is 5.32 Å². The zero-order chi connectivity index (χ0) is 12.4. The predicted molar refractivity (Wildman–Crippen MR) is 58.7 cm³/mol. The van der Waals surface area contributed by atoms with Gasteiger partial charge in [-0.1, -0.05) is 0 Å². The maximum Gasteiger partial charge on any atom is 0.334 e. The number of nitrogens with zero attached hydrogens (tertiary/aromatic N) is 1. The summed E-state index contributed by atoms with van der Waals surface area (Å²) in [5, 5.41) is 19.9. The third-order valence-corrected chi connectivity index (χ3v) is 2.69. The Bertz CT molecular complexity index is 436. The van der Waals surface area contributed by atoms with E-state index in [-0.39, 0.29) is 12.5 Å². The van der Waals surface area contributed by atoms with Crippen molar-refractivity contribution in [2.45, 2.75) is 25.0 Å². The van der Waals surface area contributed by atoms with E-state index >= 15 is 0 Å². The molecule has 92 valence electrons. The number of hydrogen-bond donors (Lipinski definition) is 3. The van der Waals surface area contributed by atoms with Crippen molar-refractivity contribution in [3.05, 3.63) is 24.0 Å². The van der Waals surface area contributed by atoms with E-state index in [1.165, 1.54) is 0 Å². The molecule has 1 amide bonds. The number of hydrogen-bond acceptors (Lipinski definition) is 3. The van der Waals surface area contributed by atoms with Gasteiger partial charge in [-0.05, 0) is 25.0 Å². The summed E-state index contributed by atoms with van der Waals surface area (Å²) < 4.78 is 1.88. The molecule has 0 aromatic carbocycles. The molecule has 0 aliphatic heterocycles. The zero-order valence-electron chi connectivity index (χ0n) is 9.17. The summed E-state index contributed by atoms with van der Waals surface area (Å²) in [6, 6.07) is 3.84. The number of aliphatic carboxylic acids is 1. The quantitative estimate of drug-likeness (QED) is 0.673. The van der Waals surface area contributed by atoms with Crippen LogP contribution in [-0.4, -0.2) is 39.3 Å². The van der Waals surface area contributed by atoms with Crippen LogP contribution in [0.2, 0.25) is 0 Å². The molecule has 3 N–H and O–H groups in total. The van der Waals surface area contributed by atoms with Crippen molar-refractivity contribution < 1.29 is 19.8 Å². The van der Waals surface area contributed by atoms with E-state index in [9.17, 15) is 9.59 Å². The van der Waals surface area contributed by atoms with Gasteiger partial charge < -0.3 is 20.1 Å². The topological polar surface area (TPSA) is 91.6 Å². The summed E-state index contributed by atoms with van der Waals surface area (Å²) in [4.78, 5) is 22.1. The number of carbonyl (C=O) groups excluding carboxylic acids is 1. The molecular weight excluding hydrogens is 224 g/mol. The van der Waals surface area contributed by atoms with Crippen LogP contribution in [0.25, 0.3) is 0 Å². The van der Waals surface area contributed by atoms with Crippen molar-refractivity contribution in [2.75, 3.05) is 6.54 Å². The Morgan fingerprint density at radius 3 is 2.82 bits per heavy atom. The van der Waals surface area contributed by atoms with Gasteiger partial charge in [0.1, 0.15) is 5.69 Å². The molecule has 1 aliphatic carbocycles. The lowest BCUT2D eigenvalue weighted by Gasteiger charge is -2.10. The van der Waals surface area contributed by atoms with Crippen molar-refractivity contribution in [1.29, 1.82) is 0 Å². The highest BCUT2D eigenvalue weighted by molar-refractivity contribution is 5.93. The van der Waals surface area contributed by atoms with Crippen LogP contribution in [-0.2, 0) is 4.79 Å². The van der Waals surface area contributed by atoms with Gasteiger partial charge in [0.25, 0.3) is 5.91 Å². The van der Waals surface area contributed by atoms with E-state index in [1.807, 2.05) is 10.8 Å². The second kappa shape index (κ2) is 4.58. The molecular formula is C11H14N2O4. The van der Waals surface area contributed by atoms with Crippen LogP contribution in [0.3, 0.4) is 0 Å². The van der Waals surface area contributed by atoms with Crippen LogP contribution >= 0.6 is 0 Å². The molecule has 17 heavy (non-hydrogen) atoms. The minimum atomic E-state index is -1.57. The summed E-state index contributed by atoms with van der Waals surface area (Å²) in [7, 11) is 0. The Labute approximate surface area is 97.9 Å². The van der Waals surface area contributed by atoms with Gasteiger partial charge in [0.05, 0.1) is 6.54 Å². The fourth-order valence-corrected chi connectivity index (χ4v) is 1.62. The molecule has 1 heterocycles. The van der Waals surface area contributed by atoms with Gasteiger partial charge in [-0.15, -0.1) is 0 Å². The zero-order valence-corrected chi connectivity index (χ0v) is 9.17. The van der Waals surface area contributed by atoms with E-state index in [4.69, 9.17) is 10.2 Å². The van der Waals surface area contributed by atoms with Crippen molar-refractivity contribution in [1.82, 2.24) is 9.88 Å². The van der Waals surface area contributed by atoms with Gasteiger partial charge in [-0.2, -0.15) is 0 Å². The lowest BCUT2D eigenvalue weighted by atomic mass is 10.3. The molecule has 1 atom stereocenters. The van der Waals surface area contributed by atoms with E-state index < -0.39 is 12.1 Å². The average molecular weight is 238 g/mol. The van der Waals surface area contributed by atoms with Gasteiger partial charge in [0.2, 0.25) is 0 Å². The molecule has 0 radical (unpaired) electrons. The smallest absolute Gasteiger partial charge is 0.334 e. The number of carboxylic acids is 1. The molecule has 1 fully saturated rings. The second-order valence-electron chi connectivity index (χ2n) is 4.10. The Kier molecular flexibility index (Phi) is 3.14. The van der Waals surface area contributed by atoms with Crippen LogP contribution in [0.5, 0.6) is 0 Å². The van der Waals surface area contributed by atoms with Crippen molar-refractivity contribution >= 4 is 11.9 Å². The predicted octanol–water partition coefficient (Wildman–Crippen LogP) is -0.00170. The molecule has 6 heteroatoms. The highest BCUT2D eigenvalue weighted by atomic mass is 16.4. The van der Waals surface area contributed by atoms with Crippen LogP contribution in [0, 0.1) is 0 Å². The Morgan fingerprint density at radius 2 is 2.24 bits per heavy atom. The second-order valence-corrected chi connectivity index (χ2v) is 4.10. The number of rotatable bonds is 5. The first-order valence-corrected chi connectivity index (χ1v) is 5.45. The summed E-state index contributed by atoms with van der Waals surface area (Å²) >= 11 is 0. The molecule has 0 saturated heterocycles. The van der Waals surface area contributed by atoms with Crippen LogP contribution in [0.15, 0.2) is 18.3 Å². The number of aliphatic hydroxyl groups excluding tert-OH is 1. The number of aliphatic hydroxyl groups is 1. The monoisotopic (exact) mass is 238 g/mol. The van der Waals surface area contributed by atoms with Gasteiger partial charge in [-0.3, -0.25) is 4.79 Å². The van der Waals surface area contributed by atoms with E-state index in [0.29, 0.717) is 11.7 Å². The first-order valence-electron chi connectivity index (χ1n) is 5.45. The highest BCUT2D eigenvalue weighted by Crippen LogP contribution is 2.35. The van der Waals surface area contributed by atoms with Gasteiger partial charge in [-0.25, -0.2) is 4.79 Å². The molecule has 0 bridgehead atoms. The molecule has 2 rings (SSSR count). The highest BCUT2D eigenvalue weighted by Gasteiger charge is 2.27. The van der Waals surface area contributed by atoms with Crippen LogP contribution in [0.4, 0.5) is 0 Å². The molecule has 1 unspecified atom stereocenters. The average Bonchev–Trinajstić information content (AvgIpc) is 3.03. The summed E-state index contributed by atoms with van der Waals surface area (Å²) in [6.45, 7) is -0.288. The molecule has 0 spiro atoms. The Balaban J connectivity index is 1.95. The number of nitrogens with one attached hydrogen (secondary N) is 1. The number of aromatic nitrogens is 1. The minimum Gasteiger partial charge on any atom is -0.479 e. The summed E-state index contributed by atoms with van der Waals surface area (Å²) in [5.41, 5.74) is 0.505. The maximum absolute atomic E-state index is 11.7. The maximum atomic E-state index is 11.7. The molecule has 6 nitrogen and oxygen atoms in total. The van der Waals surface area contributed by atoms with Crippen molar-refractivity contribution in [3.63, 3.8) is 0 Å². The molecule has 1 aromatic heterocycles. The first kappa shape index (κ1) is 11.7. The third-order valence-electron chi connectivity index (χ3n) is 2.69. The normalized spacial score (nSPS) is 16.5. The number of amides is 1. The summed E-state index contributed by atoms with van der Waals surface area (Å²) in [6.07, 6.45) is 2.39. The lowest BCUT2D eigenvalue weighted by molar-refractivity contribution is -0.146. The lowest BCUT2D eigenvalue weighted by Crippen LogP contribution is -2.37. The molecule has 1 aromatic rings. The molecule has 1 aliphatic rings. The summed E-state index contributed by atoms with van der Waals surface area (Å²) in [5.74, 6) is -1.70. The fraction of sp³-hybridized carbons (Fsp3) is 0.455. The SMILES string of the molecule is O=C(NCC(O)C(=O)O)c1cccn1C1CC1. The molecule has 1 saturated carbocycles. The van der Waals surface area contributed by atoms with Gasteiger partial charge >= 0.3 is 5.97 Å². The van der Waals surface area contributed by atoms with Crippen LogP contribution < -0.4 is 5.32 Å². The fourth-order valence-electron chi connectivity index (χ4n) is 1.62. The first-order chi connectivity index (χ1) is 8.09. The van der Waals surface area contributed by atoms with Gasteiger partial charge in [0.15, 0.2) is 6.10 Å². The van der Waals surface area contributed by atoms with E-state index in [1.54, 1.807) is 12.1 Å². The van der Waals surface area contributed by atoms with Crippen molar-refractivity contribution in [3.8, 4) is 0 Å².